The topological polar surface area (TPSA) is 58.2 Å². The summed E-state index contributed by atoms with van der Waals surface area (Å²) >= 11 is 1.15. The first-order chi connectivity index (χ1) is 12.3. The number of aryl methyl sites for hydroxylation is 1. The predicted molar refractivity (Wildman–Crippen MR) is 95.9 cm³/mol. The predicted octanol–water partition coefficient (Wildman–Crippen LogP) is 5.02. The Morgan fingerprint density at radius 2 is 1.50 bits per heavy atom. The van der Waals surface area contributed by atoms with Crippen LogP contribution in [0.2, 0.25) is 0 Å². The molecule has 0 amide bonds. The number of sulfonamides is 1. The summed E-state index contributed by atoms with van der Waals surface area (Å²) in [7, 11) is -3.68. The van der Waals surface area contributed by atoms with Gasteiger partial charge in [-0.05, 0) is 55.5 Å². The van der Waals surface area contributed by atoms with Crippen LogP contribution in [0, 0.1) is 24.4 Å². The monoisotopic (exact) mass is 398 g/mol. The van der Waals surface area contributed by atoms with E-state index in [1.54, 1.807) is 6.07 Å². The molecule has 2 N–H and O–H groups in total. The Balaban J connectivity index is 1.76. The second-order valence-corrected chi connectivity index (χ2v) is 8.59. The van der Waals surface area contributed by atoms with E-state index < -0.39 is 27.5 Å². The van der Waals surface area contributed by atoms with E-state index in [0.717, 1.165) is 28.3 Å². The van der Waals surface area contributed by atoms with Crippen molar-refractivity contribution in [3.8, 4) is 0 Å². The van der Waals surface area contributed by atoms with Gasteiger partial charge in [-0.15, -0.1) is 11.3 Å². The van der Waals surface area contributed by atoms with Crippen LogP contribution in [-0.2, 0) is 10.0 Å². The number of halogens is 3. The lowest BCUT2D eigenvalue weighted by molar-refractivity contribution is 0.449. The molecular formula is C17H13F3N2O2S2. The average Bonchev–Trinajstić information content (AvgIpc) is 3.04. The summed E-state index contributed by atoms with van der Waals surface area (Å²) in [5.74, 6) is -4.17. The number of benzene rings is 2. The van der Waals surface area contributed by atoms with E-state index in [1.807, 2.05) is 6.92 Å². The number of rotatable bonds is 5. The van der Waals surface area contributed by atoms with Gasteiger partial charge in [0.1, 0.15) is 4.21 Å². The first kappa shape index (κ1) is 18.3. The molecule has 0 radical (unpaired) electrons. The van der Waals surface area contributed by atoms with Crippen molar-refractivity contribution in [2.45, 2.75) is 11.1 Å². The molecule has 9 heteroatoms. The van der Waals surface area contributed by atoms with E-state index in [9.17, 15) is 21.6 Å². The molecule has 0 saturated carbocycles. The van der Waals surface area contributed by atoms with Crippen LogP contribution < -0.4 is 10.0 Å². The molecule has 1 heterocycles. The lowest BCUT2D eigenvalue weighted by Crippen LogP contribution is -2.11. The molecule has 136 valence electrons. The molecule has 0 unspecified atom stereocenters. The Morgan fingerprint density at radius 1 is 0.846 bits per heavy atom. The molecule has 0 bridgehead atoms. The van der Waals surface area contributed by atoms with E-state index in [4.69, 9.17) is 0 Å². The molecule has 0 aliphatic heterocycles. The highest BCUT2D eigenvalue weighted by atomic mass is 32.2. The second-order valence-electron chi connectivity index (χ2n) is 5.40. The van der Waals surface area contributed by atoms with Crippen LogP contribution in [0.1, 0.15) is 4.88 Å². The molecule has 0 spiro atoms. The van der Waals surface area contributed by atoms with Crippen LogP contribution in [0.25, 0.3) is 0 Å². The van der Waals surface area contributed by atoms with Crippen molar-refractivity contribution >= 4 is 38.4 Å². The van der Waals surface area contributed by atoms with E-state index >= 15 is 0 Å². The normalized spacial score (nSPS) is 11.4. The number of thiophene rings is 1. The lowest BCUT2D eigenvalue weighted by atomic mass is 10.2. The van der Waals surface area contributed by atoms with Gasteiger partial charge in [0.05, 0.1) is 5.69 Å². The standard InChI is InChI=1S/C17H13F3N2O2S2/c1-10-2-9-15(25-10)26(23,24)22-12-5-3-11(4-6-12)21-14-8-7-13(18)16(19)17(14)20/h2-9,21-22H,1H3. The van der Waals surface area contributed by atoms with Crippen molar-refractivity contribution < 1.29 is 21.6 Å². The SMILES string of the molecule is Cc1ccc(S(=O)(=O)Nc2ccc(Nc3ccc(F)c(F)c3F)cc2)s1. The maximum atomic E-state index is 13.7. The summed E-state index contributed by atoms with van der Waals surface area (Å²) in [5.41, 5.74) is 0.462. The highest BCUT2D eigenvalue weighted by Gasteiger charge is 2.16. The minimum atomic E-state index is -3.68. The van der Waals surface area contributed by atoms with E-state index in [2.05, 4.69) is 10.0 Å². The van der Waals surface area contributed by atoms with E-state index in [-0.39, 0.29) is 9.90 Å². The van der Waals surface area contributed by atoms with Gasteiger partial charge in [0, 0.05) is 16.3 Å². The van der Waals surface area contributed by atoms with Gasteiger partial charge >= 0.3 is 0 Å². The molecule has 0 aliphatic rings. The molecule has 3 rings (SSSR count). The molecule has 4 nitrogen and oxygen atoms in total. The van der Waals surface area contributed by atoms with Crippen molar-refractivity contribution in [3.63, 3.8) is 0 Å². The quantitative estimate of drug-likeness (QED) is 0.594. The molecule has 0 atom stereocenters. The summed E-state index contributed by atoms with van der Waals surface area (Å²) in [6.07, 6.45) is 0. The molecule has 3 aromatic rings. The lowest BCUT2D eigenvalue weighted by Gasteiger charge is -2.10. The third-order valence-corrected chi connectivity index (χ3v) is 6.31. The van der Waals surface area contributed by atoms with Crippen LogP contribution in [0.5, 0.6) is 0 Å². The molecule has 1 aromatic heterocycles. The smallest absolute Gasteiger partial charge is 0.271 e. The molecule has 0 aliphatic carbocycles. The minimum Gasteiger partial charge on any atom is -0.353 e. The first-order valence-electron chi connectivity index (χ1n) is 7.36. The molecular weight excluding hydrogens is 385 g/mol. The minimum absolute atomic E-state index is 0.195. The van der Waals surface area contributed by atoms with Crippen molar-refractivity contribution in [2.24, 2.45) is 0 Å². The van der Waals surface area contributed by atoms with Gasteiger partial charge < -0.3 is 5.32 Å². The van der Waals surface area contributed by atoms with Gasteiger partial charge in [-0.3, -0.25) is 4.72 Å². The number of nitrogens with one attached hydrogen (secondary N) is 2. The summed E-state index contributed by atoms with van der Waals surface area (Å²) < 4.78 is 67.0. The number of hydrogen-bond acceptors (Lipinski definition) is 4. The summed E-state index contributed by atoms with van der Waals surface area (Å²) in [4.78, 5) is 0.874. The zero-order chi connectivity index (χ0) is 18.9. The average molecular weight is 398 g/mol. The van der Waals surface area contributed by atoms with Gasteiger partial charge in [0.25, 0.3) is 10.0 Å². The van der Waals surface area contributed by atoms with Crippen LogP contribution >= 0.6 is 11.3 Å². The highest BCUT2D eigenvalue weighted by molar-refractivity contribution is 7.94. The van der Waals surface area contributed by atoms with Gasteiger partial charge in [-0.1, -0.05) is 0 Å². The number of anilines is 3. The van der Waals surface area contributed by atoms with E-state index in [0.29, 0.717) is 11.4 Å². The van der Waals surface area contributed by atoms with Gasteiger partial charge in [0.15, 0.2) is 17.5 Å². The van der Waals surface area contributed by atoms with Crippen molar-refractivity contribution in [2.75, 3.05) is 10.0 Å². The van der Waals surface area contributed by atoms with Crippen molar-refractivity contribution in [1.29, 1.82) is 0 Å². The maximum absolute atomic E-state index is 13.7. The fourth-order valence-corrected chi connectivity index (χ4v) is 4.50. The Labute approximate surface area is 152 Å². The molecule has 0 fully saturated rings. The van der Waals surface area contributed by atoms with Gasteiger partial charge in [0.2, 0.25) is 0 Å². The van der Waals surface area contributed by atoms with Crippen molar-refractivity contribution in [1.82, 2.24) is 0 Å². The van der Waals surface area contributed by atoms with Crippen molar-refractivity contribution in [3.05, 3.63) is 70.9 Å². The van der Waals surface area contributed by atoms with Crippen LogP contribution in [0.4, 0.5) is 30.2 Å². The number of hydrogen-bond donors (Lipinski definition) is 2. The summed E-state index contributed by atoms with van der Waals surface area (Å²) in [6, 6.07) is 11.0. The Kier molecular flexibility index (Phi) is 4.92. The molecule has 0 saturated heterocycles. The first-order valence-corrected chi connectivity index (χ1v) is 9.66. The Bertz CT molecular complexity index is 1050. The van der Waals surface area contributed by atoms with Crippen LogP contribution in [0.15, 0.2) is 52.7 Å². The van der Waals surface area contributed by atoms with E-state index in [1.165, 1.54) is 30.3 Å². The second kappa shape index (κ2) is 7.00. The molecule has 2 aromatic carbocycles. The zero-order valence-electron chi connectivity index (χ0n) is 13.4. The summed E-state index contributed by atoms with van der Waals surface area (Å²) in [5, 5.41) is 2.61. The largest absolute Gasteiger partial charge is 0.353 e. The third-order valence-electron chi connectivity index (χ3n) is 3.43. The van der Waals surface area contributed by atoms with Gasteiger partial charge in [-0.25, -0.2) is 21.6 Å². The third kappa shape index (κ3) is 3.83. The Morgan fingerprint density at radius 3 is 2.12 bits per heavy atom. The fraction of sp³-hybridized carbons (Fsp3) is 0.0588. The van der Waals surface area contributed by atoms with Crippen LogP contribution in [-0.4, -0.2) is 8.42 Å². The Hall–Kier alpha value is -2.52. The van der Waals surface area contributed by atoms with Gasteiger partial charge in [-0.2, -0.15) is 0 Å². The summed E-state index contributed by atoms with van der Waals surface area (Å²) in [6.45, 7) is 1.81. The molecule has 26 heavy (non-hydrogen) atoms. The maximum Gasteiger partial charge on any atom is 0.271 e. The highest BCUT2D eigenvalue weighted by Crippen LogP contribution is 2.26. The zero-order valence-corrected chi connectivity index (χ0v) is 15.0. The van der Waals surface area contributed by atoms with Crippen LogP contribution in [0.3, 0.4) is 0 Å². The fourth-order valence-electron chi connectivity index (χ4n) is 2.16.